The second-order valence-electron chi connectivity index (χ2n) is 5.91. The summed E-state index contributed by atoms with van der Waals surface area (Å²) in [5.74, 6) is -2.27. The maximum absolute atomic E-state index is 12.1. The zero-order chi connectivity index (χ0) is 22.3. The number of benzene rings is 1. The van der Waals surface area contributed by atoms with Crippen LogP contribution in [0.2, 0.25) is 0 Å². The first-order valence-corrected chi connectivity index (χ1v) is 9.98. The number of methoxy groups -OCH3 is 1. The summed E-state index contributed by atoms with van der Waals surface area (Å²) in [7, 11) is 1.53. The van der Waals surface area contributed by atoms with Crippen molar-refractivity contribution in [3.63, 3.8) is 0 Å². The molecule has 0 bridgehead atoms. The molecule has 2 N–H and O–H groups in total. The monoisotopic (exact) mass is 433 g/mol. The molecular formula is C21H23NO7S. The molecule has 1 heterocycles. The van der Waals surface area contributed by atoms with Crippen molar-refractivity contribution in [1.82, 2.24) is 0 Å². The van der Waals surface area contributed by atoms with Gasteiger partial charge in [-0.15, -0.1) is 11.3 Å². The Morgan fingerprint density at radius 3 is 2.23 bits per heavy atom. The molecule has 160 valence electrons. The third kappa shape index (κ3) is 4.98. The van der Waals surface area contributed by atoms with Crippen molar-refractivity contribution in [3.05, 3.63) is 47.2 Å². The minimum absolute atomic E-state index is 0.0317. The summed E-state index contributed by atoms with van der Waals surface area (Å²) in [5, 5.41) is 12.7. The van der Waals surface area contributed by atoms with Gasteiger partial charge < -0.3 is 24.6 Å². The van der Waals surface area contributed by atoms with Crippen LogP contribution in [0.25, 0.3) is 10.4 Å². The normalized spacial score (nSPS) is 10.1. The van der Waals surface area contributed by atoms with Crippen LogP contribution in [-0.2, 0) is 19.1 Å². The van der Waals surface area contributed by atoms with Crippen molar-refractivity contribution in [3.8, 4) is 16.2 Å². The van der Waals surface area contributed by atoms with Crippen molar-refractivity contribution >= 4 is 34.2 Å². The van der Waals surface area contributed by atoms with E-state index in [0.717, 1.165) is 11.8 Å². The van der Waals surface area contributed by atoms with Crippen molar-refractivity contribution in [1.29, 1.82) is 0 Å². The maximum atomic E-state index is 12.1. The van der Waals surface area contributed by atoms with Crippen LogP contribution in [0.1, 0.15) is 29.8 Å². The lowest BCUT2D eigenvalue weighted by Crippen LogP contribution is -2.19. The highest BCUT2D eigenvalue weighted by atomic mass is 32.1. The maximum Gasteiger partial charge on any atom is 0.347 e. The topological polar surface area (TPSA) is 111 Å². The molecule has 8 nitrogen and oxygen atoms in total. The van der Waals surface area contributed by atoms with E-state index in [2.05, 4.69) is 5.32 Å². The highest BCUT2D eigenvalue weighted by Crippen LogP contribution is 2.43. The average molecular weight is 433 g/mol. The van der Waals surface area contributed by atoms with Gasteiger partial charge in [0.15, 0.2) is 5.57 Å². The van der Waals surface area contributed by atoms with Gasteiger partial charge in [-0.25, -0.2) is 14.4 Å². The predicted octanol–water partition coefficient (Wildman–Crippen LogP) is 3.85. The van der Waals surface area contributed by atoms with Crippen molar-refractivity contribution in [2.45, 2.75) is 20.8 Å². The van der Waals surface area contributed by atoms with E-state index in [0.29, 0.717) is 16.2 Å². The Bertz CT molecular complexity index is 958. The van der Waals surface area contributed by atoms with Crippen molar-refractivity contribution in [2.75, 3.05) is 25.6 Å². The molecule has 0 saturated carbocycles. The second kappa shape index (κ2) is 10.4. The highest BCUT2D eigenvalue weighted by Gasteiger charge is 2.25. The average Bonchev–Trinajstić information content (AvgIpc) is 3.04. The number of esters is 2. The number of carboxylic acids is 1. The first kappa shape index (κ1) is 23.0. The van der Waals surface area contributed by atoms with Gasteiger partial charge >= 0.3 is 17.9 Å². The molecule has 1 aromatic carbocycles. The smallest absolute Gasteiger partial charge is 0.347 e. The third-order valence-electron chi connectivity index (χ3n) is 4.05. The van der Waals surface area contributed by atoms with Crippen LogP contribution in [0.3, 0.4) is 0 Å². The van der Waals surface area contributed by atoms with E-state index >= 15 is 0 Å². The molecule has 0 radical (unpaired) electrons. The predicted molar refractivity (Wildman–Crippen MR) is 113 cm³/mol. The van der Waals surface area contributed by atoms with Gasteiger partial charge in [-0.3, -0.25) is 0 Å². The van der Waals surface area contributed by atoms with Gasteiger partial charge in [0.05, 0.1) is 25.9 Å². The number of anilines is 1. The number of aromatic carboxylic acids is 1. The van der Waals surface area contributed by atoms with Gasteiger partial charge in [0.25, 0.3) is 0 Å². The van der Waals surface area contributed by atoms with Crippen LogP contribution in [0.4, 0.5) is 5.00 Å². The number of nitrogens with one attached hydrogen (secondary N) is 1. The summed E-state index contributed by atoms with van der Waals surface area (Å²) in [6, 6.07) is 7.24. The molecule has 0 amide bonds. The van der Waals surface area contributed by atoms with Crippen LogP contribution in [0, 0.1) is 6.92 Å². The zero-order valence-corrected chi connectivity index (χ0v) is 17.9. The molecule has 0 aliphatic rings. The first-order valence-electron chi connectivity index (χ1n) is 9.16. The first-order chi connectivity index (χ1) is 14.3. The Morgan fingerprint density at radius 2 is 1.70 bits per heavy atom. The molecule has 2 aromatic rings. The van der Waals surface area contributed by atoms with E-state index in [-0.39, 0.29) is 29.4 Å². The van der Waals surface area contributed by atoms with Crippen molar-refractivity contribution < 1.29 is 33.7 Å². The summed E-state index contributed by atoms with van der Waals surface area (Å²) >= 11 is 1.17. The Labute approximate surface area is 178 Å². The van der Waals surface area contributed by atoms with Gasteiger partial charge in [-0.05, 0) is 38.5 Å². The van der Waals surface area contributed by atoms with E-state index in [1.165, 1.54) is 18.4 Å². The van der Waals surface area contributed by atoms with Gasteiger partial charge in [-0.1, -0.05) is 12.1 Å². The van der Waals surface area contributed by atoms with Crippen LogP contribution >= 0.6 is 11.3 Å². The largest absolute Gasteiger partial charge is 0.496 e. The quantitative estimate of drug-likeness (QED) is 0.265. The summed E-state index contributed by atoms with van der Waals surface area (Å²) in [5.41, 5.74) is 0.934. The summed E-state index contributed by atoms with van der Waals surface area (Å²) in [6.45, 7) is 5.06. The molecule has 2 rings (SSSR count). The Morgan fingerprint density at radius 1 is 1.10 bits per heavy atom. The third-order valence-corrected chi connectivity index (χ3v) is 5.31. The Balaban J connectivity index is 2.52. The lowest BCUT2D eigenvalue weighted by atomic mass is 10.1. The second-order valence-corrected chi connectivity index (χ2v) is 6.93. The van der Waals surface area contributed by atoms with E-state index < -0.39 is 17.9 Å². The van der Waals surface area contributed by atoms with Gasteiger partial charge in [-0.2, -0.15) is 0 Å². The lowest BCUT2D eigenvalue weighted by molar-refractivity contribution is -0.146. The fourth-order valence-electron chi connectivity index (χ4n) is 2.72. The van der Waals surface area contributed by atoms with E-state index in [9.17, 15) is 19.5 Å². The number of hydrogen-bond donors (Lipinski definition) is 2. The minimum atomic E-state index is -1.14. The van der Waals surface area contributed by atoms with E-state index in [1.807, 2.05) is 18.2 Å². The Hall–Kier alpha value is -3.33. The molecule has 0 saturated heterocycles. The molecule has 0 aliphatic carbocycles. The number of carbonyl (C=O) groups is 3. The SMILES string of the molecule is CCOC(=O)C(=CNc1sc(-c2ccccc2OC)c(C)c1C(=O)O)C(=O)OCC. The molecule has 0 unspecified atom stereocenters. The van der Waals surface area contributed by atoms with Crippen molar-refractivity contribution in [2.24, 2.45) is 0 Å². The molecular weight excluding hydrogens is 410 g/mol. The Kier molecular flexibility index (Phi) is 7.99. The number of ether oxygens (including phenoxy) is 3. The molecule has 0 spiro atoms. The zero-order valence-electron chi connectivity index (χ0n) is 17.1. The van der Waals surface area contributed by atoms with Crippen LogP contribution in [-0.4, -0.2) is 43.3 Å². The molecule has 0 aliphatic heterocycles. The fourth-order valence-corrected chi connectivity index (χ4v) is 3.92. The van der Waals surface area contributed by atoms with E-state index in [1.54, 1.807) is 26.8 Å². The fraction of sp³-hybridized carbons (Fsp3) is 0.286. The number of carboxylic acid groups (broad SMARTS) is 1. The highest BCUT2D eigenvalue weighted by molar-refractivity contribution is 7.20. The van der Waals surface area contributed by atoms with Crippen LogP contribution in [0.15, 0.2) is 36.0 Å². The number of carbonyl (C=O) groups excluding carboxylic acids is 2. The number of hydrogen-bond acceptors (Lipinski definition) is 8. The molecule has 0 atom stereocenters. The van der Waals surface area contributed by atoms with Gasteiger partial charge in [0, 0.05) is 16.6 Å². The van der Waals surface area contributed by atoms with Gasteiger partial charge in [0.2, 0.25) is 0 Å². The molecule has 30 heavy (non-hydrogen) atoms. The van der Waals surface area contributed by atoms with E-state index in [4.69, 9.17) is 14.2 Å². The number of thiophene rings is 1. The summed E-state index contributed by atoms with van der Waals surface area (Å²) < 4.78 is 15.2. The summed E-state index contributed by atoms with van der Waals surface area (Å²) in [6.07, 6.45) is 1.11. The molecule has 1 aromatic heterocycles. The summed E-state index contributed by atoms with van der Waals surface area (Å²) in [4.78, 5) is 36.8. The minimum Gasteiger partial charge on any atom is -0.496 e. The number of para-hydroxylation sites is 1. The molecule has 9 heteroatoms. The standard InChI is InChI=1S/C21H23NO7S/c1-5-28-20(25)14(21(26)29-6-2)11-22-18-16(19(23)24)12(3)17(30-18)13-9-7-8-10-15(13)27-4/h7-11,22H,5-6H2,1-4H3,(H,23,24). The van der Waals surface area contributed by atoms with Crippen LogP contribution in [0.5, 0.6) is 5.75 Å². The molecule has 0 fully saturated rings. The van der Waals surface area contributed by atoms with Gasteiger partial charge in [0.1, 0.15) is 10.8 Å². The number of rotatable bonds is 9. The van der Waals surface area contributed by atoms with Crippen LogP contribution < -0.4 is 10.1 Å². The lowest BCUT2D eigenvalue weighted by Gasteiger charge is -2.07.